The summed E-state index contributed by atoms with van der Waals surface area (Å²) in [7, 11) is 1.32. The average molecular weight is 383 g/mol. The van der Waals surface area contributed by atoms with Crippen molar-refractivity contribution in [3.05, 3.63) is 54.1 Å². The maximum atomic E-state index is 13.3. The molecule has 0 spiro atoms. The molecule has 1 saturated heterocycles. The largest absolute Gasteiger partial charge is 0.464 e. The average Bonchev–Trinajstić information content (AvgIpc) is 3.29. The van der Waals surface area contributed by atoms with E-state index in [-0.39, 0.29) is 18.3 Å². The Morgan fingerprint density at radius 3 is 2.43 bits per heavy atom. The molecule has 28 heavy (non-hydrogen) atoms. The second kappa shape index (κ2) is 7.50. The zero-order valence-corrected chi connectivity index (χ0v) is 15.7. The van der Waals surface area contributed by atoms with Crippen molar-refractivity contribution < 1.29 is 18.7 Å². The van der Waals surface area contributed by atoms with E-state index in [0.29, 0.717) is 5.69 Å². The van der Waals surface area contributed by atoms with Crippen molar-refractivity contribution in [2.45, 2.75) is 25.8 Å². The van der Waals surface area contributed by atoms with Crippen molar-refractivity contribution in [3.63, 3.8) is 0 Å². The van der Waals surface area contributed by atoms with Gasteiger partial charge >= 0.3 is 5.97 Å². The van der Waals surface area contributed by atoms with Crippen LogP contribution in [0.1, 0.15) is 29.8 Å². The molecule has 1 amide bonds. The minimum atomic E-state index is -0.492. The number of halogens is 1. The van der Waals surface area contributed by atoms with Crippen molar-refractivity contribution >= 4 is 22.9 Å². The molecule has 1 aliphatic rings. The van der Waals surface area contributed by atoms with Crippen LogP contribution in [-0.4, -0.2) is 46.1 Å². The number of fused-ring (bicyclic) bond motifs is 1. The highest BCUT2D eigenvalue weighted by Gasteiger charge is 2.23. The summed E-state index contributed by atoms with van der Waals surface area (Å²) in [5.74, 6) is -0.808. The van der Waals surface area contributed by atoms with E-state index in [4.69, 9.17) is 4.74 Å². The molecule has 4 rings (SSSR count). The fourth-order valence-electron chi connectivity index (χ4n) is 3.79. The Balaban J connectivity index is 1.74. The third kappa shape index (κ3) is 3.28. The first-order valence-corrected chi connectivity index (χ1v) is 9.41. The van der Waals surface area contributed by atoms with Gasteiger partial charge in [-0.2, -0.15) is 0 Å². The van der Waals surface area contributed by atoms with E-state index in [9.17, 15) is 14.0 Å². The van der Waals surface area contributed by atoms with Gasteiger partial charge in [0.25, 0.3) is 0 Å². The van der Waals surface area contributed by atoms with E-state index in [1.807, 2.05) is 21.7 Å². The van der Waals surface area contributed by atoms with Gasteiger partial charge in [0.2, 0.25) is 5.91 Å². The molecule has 0 atom stereocenters. The summed E-state index contributed by atoms with van der Waals surface area (Å²) in [5.41, 5.74) is 2.62. The van der Waals surface area contributed by atoms with E-state index in [1.165, 1.54) is 19.2 Å². The van der Waals surface area contributed by atoms with E-state index in [2.05, 4.69) is 0 Å². The molecule has 3 aromatic rings. The molecule has 146 valence electrons. The first-order chi connectivity index (χ1) is 13.6. The van der Waals surface area contributed by atoms with Crippen LogP contribution in [0.4, 0.5) is 4.39 Å². The van der Waals surface area contributed by atoms with Crippen LogP contribution in [0, 0.1) is 5.82 Å². The van der Waals surface area contributed by atoms with Crippen LogP contribution < -0.4 is 0 Å². The predicted molar refractivity (Wildman–Crippen MR) is 103 cm³/mol. The summed E-state index contributed by atoms with van der Waals surface area (Å²) in [5, 5.41) is 0. The molecular formula is C21H22FN3O3. The van der Waals surface area contributed by atoms with Crippen molar-refractivity contribution in [2.75, 3.05) is 20.2 Å². The second-order valence-corrected chi connectivity index (χ2v) is 6.98. The quantitative estimate of drug-likeness (QED) is 0.649. The summed E-state index contributed by atoms with van der Waals surface area (Å²) in [6.45, 7) is 1.60. The molecule has 7 heteroatoms. The highest BCUT2D eigenvalue weighted by molar-refractivity contribution is 5.96. The normalized spacial score (nSPS) is 14.4. The Labute approximate surface area is 162 Å². The van der Waals surface area contributed by atoms with Crippen molar-refractivity contribution in [2.24, 2.45) is 0 Å². The number of carbonyl (C=O) groups excluding carboxylic acids is 2. The number of piperidine rings is 1. The summed E-state index contributed by atoms with van der Waals surface area (Å²) in [4.78, 5) is 27.0. The zero-order valence-electron chi connectivity index (χ0n) is 15.7. The molecule has 3 heterocycles. The number of amides is 1. The number of hydrogen-bond acceptors (Lipinski definition) is 3. The van der Waals surface area contributed by atoms with Crippen LogP contribution in [0.3, 0.4) is 0 Å². The Bertz CT molecular complexity index is 1010. The molecular weight excluding hydrogens is 361 g/mol. The van der Waals surface area contributed by atoms with Crippen LogP contribution in [0.25, 0.3) is 16.7 Å². The lowest BCUT2D eigenvalue weighted by atomic mass is 10.1. The Morgan fingerprint density at radius 1 is 1.04 bits per heavy atom. The third-order valence-corrected chi connectivity index (χ3v) is 5.26. The fourth-order valence-corrected chi connectivity index (χ4v) is 3.79. The Kier molecular flexibility index (Phi) is 4.90. The van der Waals surface area contributed by atoms with Crippen LogP contribution >= 0.6 is 0 Å². The van der Waals surface area contributed by atoms with Crippen LogP contribution in [0.2, 0.25) is 0 Å². The van der Waals surface area contributed by atoms with Crippen LogP contribution in [0.15, 0.2) is 42.6 Å². The number of rotatable bonds is 4. The number of ether oxygens (including phenoxy) is 1. The van der Waals surface area contributed by atoms with E-state index in [0.717, 1.165) is 49.1 Å². The van der Waals surface area contributed by atoms with Crippen LogP contribution in [0.5, 0.6) is 0 Å². The molecule has 0 N–H and O–H groups in total. The minimum absolute atomic E-state index is 0.00288. The van der Waals surface area contributed by atoms with Gasteiger partial charge in [-0.05, 0) is 55.7 Å². The molecule has 1 fully saturated rings. The number of benzene rings is 1. The monoisotopic (exact) mass is 383 g/mol. The number of carbonyl (C=O) groups is 2. The van der Waals surface area contributed by atoms with Gasteiger partial charge in [-0.1, -0.05) is 0 Å². The van der Waals surface area contributed by atoms with Crippen molar-refractivity contribution in [3.8, 4) is 5.69 Å². The number of nitrogens with zero attached hydrogens (tertiary/aromatic N) is 3. The van der Waals surface area contributed by atoms with Gasteiger partial charge in [0, 0.05) is 25.0 Å². The molecule has 2 aromatic heterocycles. The molecule has 0 unspecified atom stereocenters. The van der Waals surface area contributed by atoms with Crippen molar-refractivity contribution in [1.82, 2.24) is 14.0 Å². The highest BCUT2D eigenvalue weighted by atomic mass is 19.1. The number of esters is 1. The first kappa shape index (κ1) is 18.3. The van der Waals surface area contributed by atoms with Crippen molar-refractivity contribution in [1.29, 1.82) is 0 Å². The minimum Gasteiger partial charge on any atom is -0.464 e. The summed E-state index contributed by atoms with van der Waals surface area (Å²) in [6.07, 6.45) is 5.02. The number of aromatic nitrogens is 2. The number of methoxy groups -OCH3 is 1. The number of hydrogen-bond donors (Lipinski definition) is 0. The third-order valence-electron chi connectivity index (χ3n) is 5.26. The van der Waals surface area contributed by atoms with E-state index in [1.54, 1.807) is 22.8 Å². The standard InChI is InChI=1S/C21H22FN3O3/c1-28-21(27)19-13-18-17(9-12-24(18)16-7-5-15(22)6-8-16)25(19)14-20(26)23-10-3-2-4-11-23/h5-9,12-13H,2-4,10-11,14H2,1H3. The lowest BCUT2D eigenvalue weighted by Crippen LogP contribution is -2.38. The molecule has 6 nitrogen and oxygen atoms in total. The molecule has 1 aromatic carbocycles. The van der Waals surface area contributed by atoms with Gasteiger partial charge in [0.1, 0.15) is 18.1 Å². The summed E-state index contributed by atoms with van der Waals surface area (Å²) < 4.78 is 21.8. The van der Waals surface area contributed by atoms with Gasteiger partial charge in [-0.3, -0.25) is 4.79 Å². The fraction of sp³-hybridized carbons (Fsp3) is 0.333. The van der Waals surface area contributed by atoms with Gasteiger partial charge in [-0.15, -0.1) is 0 Å². The molecule has 0 radical (unpaired) electrons. The Morgan fingerprint density at radius 2 is 1.75 bits per heavy atom. The van der Waals surface area contributed by atoms with Gasteiger partial charge in [0.15, 0.2) is 0 Å². The predicted octanol–water partition coefficient (Wildman–Crippen LogP) is 3.37. The Hall–Kier alpha value is -3.09. The zero-order chi connectivity index (χ0) is 19.7. The highest BCUT2D eigenvalue weighted by Crippen LogP contribution is 2.26. The smallest absolute Gasteiger partial charge is 0.354 e. The first-order valence-electron chi connectivity index (χ1n) is 9.41. The molecule has 0 aliphatic carbocycles. The van der Waals surface area contributed by atoms with Gasteiger partial charge < -0.3 is 18.8 Å². The van der Waals surface area contributed by atoms with Gasteiger partial charge in [-0.25, -0.2) is 9.18 Å². The second-order valence-electron chi connectivity index (χ2n) is 6.98. The maximum absolute atomic E-state index is 13.3. The van der Waals surface area contributed by atoms with E-state index >= 15 is 0 Å². The maximum Gasteiger partial charge on any atom is 0.354 e. The number of likely N-dealkylation sites (tertiary alicyclic amines) is 1. The lowest BCUT2D eigenvalue weighted by Gasteiger charge is -2.27. The molecule has 0 saturated carbocycles. The summed E-state index contributed by atoms with van der Waals surface area (Å²) >= 11 is 0. The molecule has 0 bridgehead atoms. The van der Waals surface area contributed by atoms with Crippen LogP contribution in [-0.2, 0) is 16.1 Å². The van der Waals surface area contributed by atoms with E-state index < -0.39 is 5.97 Å². The topological polar surface area (TPSA) is 56.5 Å². The summed E-state index contributed by atoms with van der Waals surface area (Å²) in [6, 6.07) is 9.69. The van der Waals surface area contributed by atoms with Gasteiger partial charge in [0.05, 0.1) is 18.1 Å². The SMILES string of the molecule is COC(=O)c1cc2c(ccn2-c2ccc(F)cc2)n1CC(=O)N1CCCCC1. The molecule has 1 aliphatic heterocycles. The lowest BCUT2D eigenvalue weighted by molar-refractivity contribution is -0.132.